The van der Waals surface area contributed by atoms with Gasteiger partial charge in [-0.2, -0.15) is 13.2 Å². The van der Waals surface area contributed by atoms with E-state index in [-0.39, 0.29) is 10.9 Å². The third kappa shape index (κ3) is 4.43. The topological polar surface area (TPSA) is 85.0 Å². The summed E-state index contributed by atoms with van der Waals surface area (Å²) in [6.45, 7) is 5.91. The van der Waals surface area contributed by atoms with Gasteiger partial charge in [0, 0.05) is 22.9 Å². The zero-order valence-corrected chi connectivity index (χ0v) is 17.5. The van der Waals surface area contributed by atoms with Crippen LogP contribution in [0.5, 0.6) is 0 Å². The molecule has 2 aromatic carbocycles. The van der Waals surface area contributed by atoms with E-state index < -0.39 is 17.8 Å². The van der Waals surface area contributed by atoms with Crippen LogP contribution in [0.4, 0.5) is 29.5 Å². The SMILES string of the molecule is CC(C)(C)c1cc(NC(=O)Nc2ccc(-n3cnc4cc(C(F)(F)F)ccc43)cc2)no1. The molecule has 32 heavy (non-hydrogen) atoms. The molecule has 2 heterocycles. The molecule has 0 spiro atoms. The maximum Gasteiger partial charge on any atom is 0.416 e. The molecule has 4 rings (SSSR count). The van der Waals surface area contributed by atoms with E-state index >= 15 is 0 Å². The van der Waals surface area contributed by atoms with E-state index in [1.165, 1.54) is 12.4 Å². The molecule has 0 aliphatic rings. The summed E-state index contributed by atoms with van der Waals surface area (Å²) in [7, 11) is 0. The highest BCUT2D eigenvalue weighted by molar-refractivity contribution is 5.99. The molecule has 0 radical (unpaired) electrons. The monoisotopic (exact) mass is 443 g/mol. The van der Waals surface area contributed by atoms with Crippen molar-refractivity contribution in [3.05, 3.63) is 66.2 Å². The second kappa shape index (κ2) is 7.70. The number of carbonyl (C=O) groups excluding carboxylic acids is 1. The van der Waals surface area contributed by atoms with E-state index in [1.54, 1.807) is 34.9 Å². The number of rotatable bonds is 3. The van der Waals surface area contributed by atoms with Crippen LogP contribution < -0.4 is 10.6 Å². The number of hydrogen-bond acceptors (Lipinski definition) is 4. The predicted molar refractivity (Wildman–Crippen MR) is 114 cm³/mol. The van der Waals surface area contributed by atoms with Crippen molar-refractivity contribution < 1.29 is 22.5 Å². The molecule has 2 aromatic heterocycles. The molecule has 166 valence electrons. The Morgan fingerprint density at radius 1 is 1.00 bits per heavy atom. The number of hydrogen-bond donors (Lipinski definition) is 2. The summed E-state index contributed by atoms with van der Waals surface area (Å²) in [5, 5.41) is 9.13. The number of alkyl halides is 3. The van der Waals surface area contributed by atoms with Crippen LogP contribution in [0.1, 0.15) is 32.1 Å². The molecule has 10 heteroatoms. The fourth-order valence-electron chi connectivity index (χ4n) is 3.07. The van der Waals surface area contributed by atoms with Crippen LogP contribution in [0.3, 0.4) is 0 Å². The molecule has 0 aliphatic heterocycles. The number of benzene rings is 2. The number of fused-ring (bicyclic) bond motifs is 1. The van der Waals surface area contributed by atoms with Crippen molar-refractivity contribution in [1.82, 2.24) is 14.7 Å². The van der Waals surface area contributed by atoms with E-state index in [2.05, 4.69) is 20.8 Å². The van der Waals surface area contributed by atoms with Crippen molar-refractivity contribution in [2.45, 2.75) is 32.4 Å². The van der Waals surface area contributed by atoms with E-state index in [0.29, 0.717) is 28.5 Å². The van der Waals surface area contributed by atoms with Gasteiger partial charge in [0.25, 0.3) is 0 Å². The van der Waals surface area contributed by atoms with Gasteiger partial charge in [-0.3, -0.25) is 9.88 Å². The largest absolute Gasteiger partial charge is 0.416 e. The number of nitrogens with zero attached hydrogens (tertiary/aromatic N) is 3. The minimum absolute atomic E-state index is 0.231. The molecule has 4 aromatic rings. The zero-order chi connectivity index (χ0) is 23.1. The second-order valence-corrected chi connectivity index (χ2v) is 8.27. The van der Waals surface area contributed by atoms with Crippen LogP contribution in [-0.4, -0.2) is 20.7 Å². The number of imidazole rings is 1. The van der Waals surface area contributed by atoms with Crippen molar-refractivity contribution in [1.29, 1.82) is 0 Å². The second-order valence-electron chi connectivity index (χ2n) is 8.27. The summed E-state index contributed by atoms with van der Waals surface area (Å²) in [4.78, 5) is 16.3. The molecule has 0 aliphatic carbocycles. The average Bonchev–Trinajstić information content (AvgIpc) is 3.34. The molecule has 0 saturated carbocycles. The number of carbonyl (C=O) groups is 1. The molecule has 0 saturated heterocycles. The van der Waals surface area contributed by atoms with Gasteiger partial charge in [-0.05, 0) is 42.5 Å². The van der Waals surface area contributed by atoms with Gasteiger partial charge in [0.15, 0.2) is 5.82 Å². The Morgan fingerprint density at radius 3 is 2.34 bits per heavy atom. The number of aromatic nitrogens is 3. The summed E-state index contributed by atoms with van der Waals surface area (Å²) < 4.78 is 45.6. The molecule has 7 nitrogen and oxygen atoms in total. The minimum Gasteiger partial charge on any atom is -0.359 e. The maximum absolute atomic E-state index is 12.9. The smallest absolute Gasteiger partial charge is 0.359 e. The first-order chi connectivity index (χ1) is 15.0. The van der Waals surface area contributed by atoms with Crippen LogP contribution >= 0.6 is 0 Å². The van der Waals surface area contributed by atoms with Gasteiger partial charge >= 0.3 is 12.2 Å². The molecular weight excluding hydrogens is 423 g/mol. The Balaban J connectivity index is 1.46. The highest BCUT2D eigenvalue weighted by Gasteiger charge is 2.30. The van der Waals surface area contributed by atoms with Gasteiger partial charge in [-0.1, -0.05) is 25.9 Å². The first kappa shape index (κ1) is 21.4. The number of amides is 2. The van der Waals surface area contributed by atoms with E-state index in [0.717, 1.165) is 12.1 Å². The van der Waals surface area contributed by atoms with Crippen molar-refractivity contribution in [2.75, 3.05) is 10.6 Å². The van der Waals surface area contributed by atoms with Crippen LogP contribution in [0.15, 0.2) is 59.4 Å². The summed E-state index contributed by atoms with van der Waals surface area (Å²) in [5.74, 6) is 0.944. The molecule has 0 atom stereocenters. The fourth-order valence-corrected chi connectivity index (χ4v) is 3.07. The van der Waals surface area contributed by atoms with Gasteiger partial charge in [0.05, 0.1) is 16.6 Å². The van der Waals surface area contributed by atoms with Crippen molar-refractivity contribution >= 4 is 28.6 Å². The van der Waals surface area contributed by atoms with Crippen LogP contribution in [0.2, 0.25) is 0 Å². The third-order valence-electron chi connectivity index (χ3n) is 4.77. The maximum atomic E-state index is 12.9. The Kier molecular flexibility index (Phi) is 5.15. The number of nitrogens with one attached hydrogen (secondary N) is 2. The molecule has 0 unspecified atom stereocenters. The summed E-state index contributed by atoms with van der Waals surface area (Å²) in [6.07, 6.45) is -2.97. The number of anilines is 2. The van der Waals surface area contributed by atoms with Crippen molar-refractivity contribution in [3.63, 3.8) is 0 Å². The van der Waals surface area contributed by atoms with E-state index in [4.69, 9.17) is 4.52 Å². The minimum atomic E-state index is -4.42. The van der Waals surface area contributed by atoms with Crippen molar-refractivity contribution in [2.24, 2.45) is 0 Å². The Labute approximate surface area is 181 Å². The van der Waals surface area contributed by atoms with Gasteiger partial charge in [0.2, 0.25) is 0 Å². The Bertz CT molecular complexity index is 1270. The summed E-state index contributed by atoms with van der Waals surface area (Å²) >= 11 is 0. The van der Waals surface area contributed by atoms with Crippen LogP contribution in [-0.2, 0) is 11.6 Å². The molecule has 0 fully saturated rings. The number of halogens is 3. The van der Waals surface area contributed by atoms with Crippen LogP contribution in [0.25, 0.3) is 16.7 Å². The average molecular weight is 443 g/mol. The first-order valence-corrected chi connectivity index (χ1v) is 9.71. The first-order valence-electron chi connectivity index (χ1n) is 9.71. The molecule has 0 bridgehead atoms. The van der Waals surface area contributed by atoms with Gasteiger partial charge < -0.3 is 9.84 Å². The van der Waals surface area contributed by atoms with E-state index in [9.17, 15) is 18.0 Å². The number of urea groups is 1. The fraction of sp³-hybridized carbons (Fsp3) is 0.227. The van der Waals surface area contributed by atoms with Gasteiger partial charge in [0.1, 0.15) is 12.1 Å². The van der Waals surface area contributed by atoms with Gasteiger partial charge in [-0.25, -0.2) is 9.78 Å². The predicted octanol–water partition coefficient (Wildman–Crippen LogP) is 5.97. The lowest BCUT2D eigenvalue weighted by molar-refractivity contribution is -0.137. The van der Waals surface area contributed by atoms with Gasteiger partial charge in [-0.15, -0.1) is 0 Å². The van der Waals surface area contributed by atoms with E-state index in [1.807, 2.05) is 20.8 Å². The molecule has 2 amide bonds. The Morgan fingerprint density at radius 2 is 1.72 bits per heavy atom. The highest BCUT2D eigenvalue weighted by Crippen LogP contribution is 2.31. The standard InChI is InChI=1S/C22H20F3N5O2/c1-21(2,3)18-11-19(29-32-18)28-20(31)27-14-5-7-15(8-6-14)30-12-26-16-10-13(22(23,24)25)4-9-17(16)30/h4-12H,1-3H3,(H2,27,28,29,31). The highest BCUT2D eigenvalue weighted by atomic mass is 19.4. The van der Waals surface area contributed by atoms with Crippen molar-refractivity contribution in [3.8, 4) is 5.69 Å². The normalized spacial score (nSPS) is 12.2. The lowest BCUT2D eigenvalue weighted by atomic mass is 9.93. The summed E-state index contributed by atoms with van der Waals surface area (Å²) in [6, 6.07) is 11.4. The lowest BCUT2D eigenvalue weighted by Crippen LogP contribution is -2.19. The van der Waals surface area contributed by atoms with Crippen LogP contribution in [0, 0.1) is 0 Å². The zero-order valence-electron chi connectivity index (χ0n) is 17.5. The molecule has 2 N–H and O–H groups in total. The summed E-state index contributed by atoms with van der Waals surface area (Å²) in [5.41, 5.74) is 1.01. The third-order valence-corrected chi connectivity index (χ3v) is 4.77. The lowest BCUT2D eigenvalue weighted by Gasteiger charge is -2.12. The quantitative estimate of drug-likeness (QED) is 0.408. The molecular formula is C22H20F3N5O2. The Hall–Kier alpha value is -3.82.